The van der Waals surface area contributed by atoms with Crippen molar-refractivity contribution < 1.29 is 14.6 Å². The zero-order valence-electron chi connectivity index (χ0n) is 14.5. The number of aryl methyl sites for hydroxylation is 3. The van der Waals surface area contributed by atoms with Crippen molar-refractivity contribution in [3.63, 3.8) is 0 Å². The second kappa shape index (κ2) is 6.74. The van der Waals surface area contributed by atoms with Crippen LogP contribution in [0.3, 0.4) is 0 Å². The Bertz CT molecular complexity index is 564. The lowest BCUT2D eigenvalue weighted by atomic mass is 9.84. The number of benzene rings is 1. The maximum absolute atomic E-state index is 13.0. The minimum atomic E-state index is -0.535. The van der Waals surface area contributed by atoms with Crippen LogP contribution in [0.25, 0.3) is 0 Å². The molecule has 0 spiro atoms. The van der Waals surface area contributed by atoms with E-state index in [1.54, 1.807) is 0 Å². The molecule has 0 amide bonds. The number of aliphatic hydroxyl groups excluding tert-OH is 1. The van der Waals surface area contributed by atoms with Gasteiger partial charge >= 0.3 is 0 Å². The largest absolute Gasteiger partial charge is 0.392 e. The Kier molecular flexibility index (Phi) is 4.88. The van der Waals surface area contributed by atoms with Crippen LogP contribution >= 0.6 is 0 Å². The first-order chi connectivity index (χ1) is 11.0. The third-order valence-corrected chi connectivity index (χ3v) is 5.63. The van der Waals surface area contributed by atoms with E-state index in [1.165, 1.54) is 5.56 Å². The smallest absolute Gasteiger partial charge is 0.146 e. The quantitative estimate of drug-likeness (QED) is 0.929. The lowest BCUT2D eigenvalue weighted by Gasteiger charge is -2.24. The van der Waals surface area contributed by atoms with Crippen molar-refractivity contribution in [3.8, 4) is 0 Å². The summed E-state index contributed by atoms with van der Waals surface area (Å²) in [4.78, 5) is 13.0. The summed E-state index contributed by atoms with van der Waals surface area (Å²) in [7, 11) is 0. The zero-order chi connectivity index (χ0) is 16.6. The molecule has 3 atom stereocenters. The number of ether oxygens (including phenoxy) is 1. The van der Waals surface area contributed by atoms with Crippen molar-refractivity contribution in [2.24, 2.45) is 11.8 Å². The Labute approximate surface area is 139 Å². The lowest BCUT2D eigenvalue weighted by molar-refractivity contribution is -0.123. The highest BCUT2D eigenvalue weighted by atomic mass is 16.5. The van der Waals surface area contributed by atoms with E-state index >= 15 is 0 Å². The first kappa shape index (κ1) is 16.7. The molecule has 1 aliphatic carbocycles. The summed E-state index contributed by atoms with van der Waals surface area (Å²) in [6, 6.07) is 4.24. The number of hydrogen-bond donors (Lipinski definition) is 1. The van der Waals surface area contributed by atoms with E-state index in [0.717, 1.165) is 49.2 Å². The summed E-state index contributed by atoms with van der Waals surface area (Å²) in [6.07, 6.45) is 3.10. The molecule has 2 fully saturated rings. The van der Waals surface area contributed by atoms with Gasteiger partial charge in [0.1, 0.15) is 5.78 Å². The first-order valence-electron chi connectivity index (χ1n) is 8.84. The molecule has 1 aromatic rings. The van der Waals surface area contributed by atoms with Crippen LogP contribution in [0.2, 0.25) is 0 Å². The third kappa shape index (κ3) is 3.36. The molecule has 1 aromatic carbocycles. The summed E-state index contributed by atoms with van der Waals surface area (Å²) < 4.78 is 5.41. The van der Waals surface area contributed by atoms with Crippen molar-refractivity contribution in [3.05, 3.63) is 34.4 Å². The number of carbonyl (C=O) groups excluding carboxylic acids is 1. The van der Waals surface area contributed by atoms with Gasteiger partial charge in [0.05, 0.1) is 12.0 Å². The summed E-state index contributed by atoms with van der Waals surface area (Å²) in [5, 5.41) is 10.6. The van der Waals surface area contributed by atoms with Gasteiger partial charge in [-0.2, -0.15) is 0 Å². The van der Waals surface area contributed by atoms with Crippen LogP contribution in [0, 0.1) is 32.6 Å². The fraction of sp³-hybridized carbons (Fsp3) is 0.650. The average molecular weight is 316 g/mol. The van der Waals surface area contributed by atoms with Crippen molar-refractivity contribution >= 4 is 5.78 Å². The Balaban J connectivity index is 1.80. The van der Waals surface area contributed by atoms with Gasteiger partial charge < -0.3 is 9.84 Å². The van der Waals surface area contributed by atoms with Gasteiger partial charge in [0.2, 0.25) is 0 Å². The molecule has 1 heterocycles. The number of ketones is 1. The van der Waals surface area contributed by atoms with Crippen LogP contribution in [0.15, 0.2) is 12.1 Å². The lowest BCUT2D eigenvalue weighted by Crippen LogP contribution is -2.23. The minimum absolute atomic E-state index is 0.0122. The SMILES string of the molecule is Cc1cc(C)c(C2C(=O)C(CC3CCOCC3)CC2O)c(C)c1. The molecule has 0 bridgehead atoms. The van der Waals surface area contributed by atoms with E-state index in [2.05, 4.69) is 32.9 Å². The minimum Gasteiger partial charge on any atom is -0.392 e. The Hall–Kier alpha value is -1.19. The van der Waals surface area contributed by atoms with Crippen LogP contribution in [-0.4, -0.2) is 30.2 Å². The van der Waals surface area contributed by atoms with Crippen molar-refractivity contribution in [1.82, 2.24) is 0 Å². The molecule has 0 radical (unpaired) electrons. The molecular weight excluding hydrogens is 288 g/mol. The molecule has 126 valence electrons. The summed E-state index contributed by atoms with van der Waals surface area (Å²) >= 11 is 0. The topological polar surface area (TPSA) is 46.5 Å². The molecule has 0 aromatic heterocycles. The van der Waals surface area contributed by atoms with Gasteiger partial charge in [-0.05, 0) is 69.1 Å². The summed E-state index contributed by atoms with van der Waals surface area (Å²) in [5.74, 6) is 0.501. The fourth-order valence-corrected chi connectivity index (χ4v) is 4.60. The van der Waals surface area contributed by atoms with Crippen molar-refractivity contribution in [1.29, 1.82) is 0 Å². The van der Waals surface area contributed by atoms with E-state index in [1.807, 2.05) is 0 Å². The second-order valence-electron chi connectivity index (χ2n) is 7.48. The molecule has 3 nitrogen and oxygen atoms in total. The van der Waals surface area contributed by atoms with Gasteiger partial charge in [-0.25, -0.2) is 0 Å². The normalized spacial score (nSPS) is 29.2. The maximum Gasteiger partial charge on any atom is 0.146 e. The van der Waals surface area contributed by atoms with E-state index in [0.29, 0.717) is 12.3 Å². The highest BCUT2D eigenvalue weighted by molar-refractivity contribution is 5.91. The molecule has 3 unspecified atom stereocenters. The highest BCUT2D eigenvalue weighted by Crippen LogP contribution is 2.42. The van der Waals surface area contributed by atoms with Crippen molar-refractivity contribution in [2.75, 3.05) is 13.2 Å². The fourth-order valence-electron chi connectivity index (χ4n) is 4.60. The number of Topliss-reactive ketones (excluding diaryl/α,β-unsaturated/α-hetero) is 1. The van der Waals surface area contributed by atoms with Crippen LogP contribution in [0.4, 0.5) is 0 Å². The molecule has 1 saturated heterocycles. The first-order valence-corrected chi connectivity index (χ1v) is 8.84. The number of rotatable bonds is 3. The Morgan fingerprint density at radius 1 is 1.13 bits per heavy atom. The average Bonchev–Trinajstić information content (AvgIpc) is 2.75. The summed E-state index contributed by atoms with van der Waals surface area (Å²) in [6.45, 7) is 7.81. The monoisotopic (exact) mass is 316 g/mol. The molecular formula is C20H28O3. The van der Waals surface area contributed by atoms with Gasteiger partial charge in [0, 0.05) is 19.1 Å². The summed E-state index contributed by atoms with van der Waals surface area (Å²) in [5.41, 5.74) is 4.53. The van der Waals surface area contributed by atoms with E-state index < -0.39 is 6.10 Å². The highest BCUT2D eigenvalue weighted by Gasteiger charge is 2.43. The van der Waals surface area contributed by atoms with E-state index in [-0.39, 0.29) is 17.6 Å². The molecule has 2 aliphatic rings. The van der Waals surface area contributed by atoms with Crippen LogP contribution in [0.5, 0.6) is 0 Å². The molecule has 1 saturated carbocycles. The maximum atomic E-state index is 13.0. The van der Waals surface area contributed by atoms with Gasteiger partial charge in [-0.1, -0.05) is 17.7 Å². The van der Waals surface area contributed by atoms with Crippen LogP contribution in [0.1, 0.15) is 53.9 Å². The molecule has 1 aliphatic heterocycles. The van der Waals surface area contributed by atoms with Gasteiger partial charge in [-0.3, -0.25) is 4.79 Å². The van der Waals surface area contributed by atoms with E-state index in [4.69, 9.17) is 4.74 Å². The standard InChI is InChI=1S/C20H28O3/c1-12-8-13(2)18(14(3)9-12)19-17(21)11-16(20(19)22)10-15-4-6-23-7-5-15/h8-9,15-17,19,21H,4-7,10-11H2,1-3H3. The van der Waals surface area contributed by atoms with Crippen LogP contribution < -0.4 is 0 Å². The molecule has 3 rings (SSSR count). The van der Waals surface area contributed by atoms with Crippen molar-refractivity contribution in [2.45, 2.75) is 58.5 Å². The number of aliphatic hydroxyl groups is 1. The number of hydrogen-bond acceptors (Lipinski definition) is 3. The number of carbonyl (C=O) groups is 1. The zero-order valence-corrected chi connectivity index (χ0v) is 14.5. The van der Waals surface area contributed by atoms with Crippen LogP contribution in [-0.2, 0) is 9.53 Å². The molecule has 23 heavy (non-hydrogen) atoms. The second-order valence-corrected chi connectivity index (χ2v) is 7.48. The van der Waals surface area contributed by atoms with Gasteiger partial charge in [0.15, 0.2) is 0 Å². The Morgan fingerprint density at radius 3 is 2.35 bits per heavy atom. The molecule has 1 N–H and O–H groups in total. The Morgan fingerprint density at radius 2 is 1.74 bits per heavy atom. The van der Waals surface area contributed by atoms with Gasteiger partial charge in [-0.15, -0.1) is 0 Å². The predicted molar refractivity (Wildman–Crippen MR) is 90.7 cm³/mol. The third-order valence-electron chi connectivity index (χ3n) is 5.63. The van der Waals surface area contributed by atoms with Gasteiger partial charge in [0.25, 0.3) is 0 Å². The van der Waals surface area contributed by atoms with E-state index in [9.17, 15) is 9.90 Å². The molecule has 3 heteroatoms. The predicted octanol–water partition coefficient (Wildman–Crippen LogP) is 3.46.